The van der Waals surface area contributed by atoms with Crippen molar-refractivity contribution >= 4 is 72.4 Å². The molecule has 1 fully saturated rings. The van der Waals surface area contributed by atoms with Crippen LogP contribution in [0.15, 0.2) is 249 Å². The van der Waals surface area contributed by atoms with Crippen molar-refractivity contribution in [3.05, 3.63) is 254 Å². The van der Waals surface area contributed by atoms with Crippen molar-refractivity contribution < 1.29 is 0 Å². The number of hydrogen-bond acceptors (Lipinski definition) is 0. The molecule has 0 bridgehead atoms. The van der Waals surface area contributed by atoms with Crippen LogP contribution in [0.25, 0.3) is 77.2 Å². The minimum absolute atomic E-state index is 0.645. The molecule has 1 aliphatic rings. The van der Waals surface area contributed by atoms with Crippen molar-refractivity contribution in [1.29, 1.82) is 0 Å². The first-order valence-electron chi connectivity index (χ1n) is 24.8. The molecule has 0 unspecified atom stereocenters. The molecule has 2 aromatic heterocycles. The summed E-state index contributed by atoms with van der Waals surface area (Å²) in [6.45, 7) is 0. The quantitative estimate of drug-likeness (QED) is 0.101. The van der Waals surface area contributed by atoms with Gasteiger partial charge in [-0.2, -0.15) is 0 Å². The molecule has 0 amide bonds. The summed E-state index contributed by atoms with van der Waals surface area (Å²) in [4.78, 5) is 0. The van der Waals surface area contributed by atoms with Gasteiger partial charge in [-0.1, -0.05) is 219 Å². The molecule has 330 valence electrons. The molecule has 0 radical (unpaired) electrons. The zero-order valence-electron chi connectivity index (χ0n) is 38.7. The van der Waals surface area contributed by atoms with E-state index >= 15 is 0 Å². The van der Waals surface area contributed by atoms with Crippen molar-refractivity contribution in [2.75, 3.05) is 0 Å². The number of aromatic nitrogens is 2. The molecule has 2 heterocycles. The zero-order chi connectivity index (χ0) is 45.7. The van der Waals surface area contributed by atoms with Gasteiger partial charge in [0.15, 0.2) is 8.07 Å². The normalized spacial score (nSPS) is 13.4. The minimum atomic E-state index is -3.06. The van der Waals surface area contributed by atoms with Crippen LogP contribution in [0, 0.1) is 0 Å². The van der Waals surface area contributed by atoms with E-state index in [0.717, 1.165) is 5.69 Å². The smallest absolute Gasteiger partial charge is 0.179 e. The Morgan fingerprint density at radius 2 is 0.812 bits per heavy atom. The Labute approximate surface area is 405 Å². The monoisotopic (exact) mass is 900 g/mol. The van der Waals surface area contributed by atoms with Crippen LogP contribution in [0.4, 0.5) is 0 Å². The average Bonchev–Trinajstić information content (AvgIpc) is 3.95. The van der Waals surface area contributed by atoms with Crippen LogP contribution in [-0.2, 0) is 0 Å². The fourth-order valence-electron chi connectivity index (χ4n) is 12.1. The van der Waals surface area contributed by atoms with Crippen molar-refractivity contribution in [3.63, 3.8) is 0 Å². The van der Waals surface area contributed by atoms with Crippen LogP contribution in [0.2, 0.25) is 0 Å². The molecule has 2 nitrogen and oxygen atoms in total. The van der Waals surface area contributed by atoms with Crippen LogP contribution in [-0.4, -0.2) is 17.2 Å². The molecule has 69 heavy (non-hydrogen) atoms. The Morgan fingerprint density at radius 3 is 1.48 bits per heavy atom. The Morgan fingerprint density at radius 1 is 0.319 bits per heavy atom. The number of fused-ring (bicyclic) bond motifs is 6. The third-order valence-corrected chi connectivity index (χ3v) is 20.0. The fraction of sp³-hybridized carbons (Fsp3) is 0.0909. The molecule has 13 rings (SSSR count). The van der Waals surface area contributed by atoms with E-state index in [4.69, 9.17) is 0 Å². The van der Waals surface area contributed by atoms with Gasteiger partial charge in [-0.05, 0) is 116 Å². The van der Waals surface area contributed by atoms with Crippen LogP contribution in [0.3, 0.4) is 0 Å². The lowest BCUT2D eigenvalue weighted by Crippen LogP contribution is -2.74. The average molecular weight is 901 g/mol. The molecule has 0 aliphatic heterocycles. The molecule has 1 saturated carbocycles. The van der Waals surface area contributed by atoms with Crippen LogP contribution in [0.1, 0.15) is 43.6 Å². The van der Waals surface area contributed by atoms with Gasteiger partial charge >= 0.3 is 0 Å². The number of benzene rings is 10. The lowest BCUT2D eigenvalue weighted by Gasteiger charge is -2.35. The summed E-state index contributed by atoms with van der Waals surface area (Å²) in [6, 6.07) is 93.8. The molecule has 0 saturated heterocycles. The highest BCUT2D eigenvalue weighted by Crippen LogP contribution is 2.42. The van der Waals surface area contributed by atoms with Crippen molar-refractivity contribution in [1.82, 2.24) is 9.13 Å². The molecule has 10 aromatic carbocycles. The molecule has 0 N–H and O–H groups in total. The van der Waals surface area contributed by atoms with Gasteiger partial charge in [-0.25, -0.2) is 0 Å². The first kappa shape index (κ1) is 41.2. The van der Waals surface area contributed by atoms with Crippen molar-refractivity contribution in [2.24, 2.45) is 0 Å². The van der Waals surface area contributed by atoms with Crippen molar-refractivity contribution in [2.45, 2.75) is 38.0 Å². The maximum absolute atomic E-state index is 3.06. The zero-order valence-corrected chi connectivity index (χ0v) is 39.7. The topological polar surface area (TPSA) is 9.86 Å². The van der Waals surface area contributed by atoms with E-state index in [9.17, 15) is 0 Å². The van der Waals surface area contributed by atoms with Gasteiger partial charge in [-0.15, -0.1) is 0 Å². The first-order valence-corrected chi connectivity index (χ1v) is 26.8. The van der Waals surface area contributed by atoms with E-state index in [2.05, 4.69) is 258 Å². The Kier molecular flexibility index (Phi) is 10.3. The molecule has 12 aromatic rings. The van der Waals surface area contributed by atoms with E-state index in [1.165, 1.54) is 130 Å². The molecule has 3 heteroatoms. The number of hydrogen-bond donors (Lipinski definition) is 0. The standard InChI is InChI=1S/C66H52N2Si/c1-5-21-47(22-6-1)50-27-17-32-55(43-50)69(54-30-11-4-12-31-54,56-33-18-28-51(44-56)48-23-7-2-8-24-48)57-34-19-29-53(46-57)67-62-38-16-14-36-59(62)66-64(67)39-20-40-65(66)68-61-37-15-13-35-58(61)60-45-52(41-42-63(60)68)49-25-9-3-10-26-49/h1-2,4-8,11-24,27-46,49H,3,9-10,25-26H2. The van der Waals surface area contributed by atoms with Gasteiger partial charge in [0, 0.05) is 27.2 Å². The Hall–Kier alpha value is -7.98. The summed E-state index contributed by atoms with van der Waals surface area (Å²) in [7, 11) is -3.06. The molecular formula is C66H52N2Si. The Balaban J connectivity index is 1.06. The van der Waals surface area contributed by atoms with Crippen LogP contribution in [0.5, 0.6) is 0 Å². The third kappa shape index (κ3) is 6.91. The number of para-hydroxylation sites is 2. The minimum Gasteiger partial charge on any atom is -0.309 e. The maximum Gasteiger partial charge on any atom is 0.179 e. The molecular weight excluding hydrogens is 849 g/mol. The van der Waals surface area contributed by atoms with Gasteiger partial charge in [0.2, 0.25) is 0 Å². The largest absolute Gasteiger partial charge is 0.309 e. The predicted octanol–water partition coefficient (Wildman–Crippen LogP) is 14.6. The highest BCUT2D eigenvalue weighted by atomic mass is 28.3. The van der Waals surface area contributed by atoms with Gasteiger partial charge < -0.3 is 9.13 Å². The highest BCUT2D eigenvalue weighted by Gasteiger charge is 2.42. The van der Waals surface area contributed by atoms with E-state index in [0.29, 0.717) is 5.92 Å². The second kappa shape index (κ2) is 17.3. The SMILES string of the molecule is c1ccc(-c2cccc([Si](c3ccccc3)(c3cccc(-c4ccccc4)c3)c3cccc(-n4c5ccccc5c5c(-n6c7ccccc7c7cc(C8CCCCC8)ccc76)cccc54)c3)c2)cc1. The molecule has 0 atom stereocenters. The second-order valence-corrected chi connectivity index (χ2v) is 22.9. The number of nitrogens with zero attached hydrogens (tertiary/aromatic N) is 2. The van der Waals surface area contributed by atoms with Gasteiger partial charge in [0.25, 0.3) is 0 Å². The summed E-state index contributed by atoms with van der Waals surface area (Å²) in [5.41, 5.74) is 13.6. The summed E-state index contributed by atoms with van der Waals surface area (Å²) in [6.07, 6.45) is 6.61. The van der Waals surface area contributed by atoms with Crippen molar-refractivity contribution in [3.8, 4) is 33.6 Å². The van der Waals surface area contributed by atoms with Crippen LogP contribution >= 0.6 is 0 Å². The van der Waals surface area contributed by atoms with Gasteiger partial charge in [0.1, 0.15) is 0 Å². The molecule has 1 aliphatic carbocycles. The predicted molar refractivity (Wildman–Crippen MR) is 295 cm³/mol. The van der Waals surface area contributed by atoms with Gasteiger partial charge in [-0.3, -0.25) is 0 Å². The fourth-order valence-corrected chi connectivity index (χ4v) is 16.9. The first-order chi connectivity index (χ1) is 34.2. The van der Waals surface area contributed by atoms with Crippen LogP contribution < -0.4 is 20.7 Å². The Bertz CT molecular complexity index is 3740. The second-order valence-electron chi connectivity index (χ2n) is 19.0. The molecule has 0 spiro atoms. The summed E-state index contributed by atoms with van der Waals surface area (Å²) >= 11 is 0. The summed E-state index contributed by atoms with van der Waals surface area (Å²) < 4.78 is 5.06. The van der Waals surface area contributed by atoms with E-state index in [1.807, 2.05) is 0 Å². The van der Waals surface area contributed by atoms with E-state index < -0.39 is 8.07 Å². The third-order valence-electron chi connectivity index (χ3n) is 15.2. The van der Waals surface area contributed by atoms with E-state index in [1.54, 1.807) is 0 Å². The number of rotatable bonds is 9. The lowest BCUT2D eigenvalue weighted by atomic mass is 9.84. The maximum atomic E-state index is 2.54. The lowest BCUT2D eigenvalue weighted by molar-refractivity contribution is 0.444. The highest BCUT2D eigenvalue weighted by molar-refractivity contribution is 7.20. The van der Waals surface area contributed by atoms with E-state index in [-0.39, 0.29) is 0 Å². The van der Waals surface area contributed by atoms with Gasteiger partial charge in [0.05, 0.1) is 27.8 Å². The summed E-state index contributed by atoms with van der Waals surface area (Å²) in [5, 5.41) is 10.5. The summed E-state index contributed by atoms with van der Waals surface area (Å²) in [5.74, 6) is 0.645.